The van der Waals surface area contributed by atoms with Gasteiger partial charge < -0.3 is 19.1 Å². The van der Waals surface area contributed by atoms with Crippen LogP contribution in [0.15, 0.2) is 17.3 Å². The number of aliphatic hydroxyl groups excluding tert-OH is 1. The summed E-state index contributed by atoms with van der Waals surface area (Å²) in [5.74, 6) is 1.23. The van der Waals surface area contributed by atoms with Gasteiger partial charge in [0, 0.05) is 18.0 Å². The van der Waals surface area contributed by atoms with Gasteiger partial charge in [0.05, 0.1) is 26.3 Å². The fourth-order valence-corrected chi connectivity index (χ4v) is 2.97. The van der Waals surface area contributed by atoms with Gasteiger partial charge in [-0.3, -0.25) is 0 Å². The predicted octanol–water partition coefficient (Wildman–Crippen LogP) is 2.50. The van der Waals surface area contributed by atoms with Crippen LogP contribution in [0, 0.1) is 4.64 Å². The summed E-state index contributed by atoms with van der Waals surface area (Å²) in [6.45, 7) is 0.439. The van der Waals surface area contributed by atoms with Crippen molar-refractivity contribution in [3.63, 3.8) is 0 Å². The molecule has 0 unspecified atom stereocenters. The van der Waals surface area contributed by atoms with E-state index in [2.05, 4.69) is 4.98 Å². The average Bonchev–Trinajstić information content (AvgIpc) is 2.48. The van der Waals surface area contributed by atoms with E-state index in [0.717, 1.165) is 16.1 Å². The summed E-state index contributed by atoms with van der Waals surface area (Å²) in [5.41, 5.74) is 0.756. The first-order valence-corrected chi connectivity index (χ1v) is 7.61. The predicted molar refractivity (Wildman–Crippen MR) is 82.5 cm³/mol. The van der Waals surface area contributed by atoms with E-state index in [-0.39, 0.29) is 6.61 Å². The van der Waals surface area contributed by atoms with E-state index in [0.29, 0.717) is 22.7 Å². The van der Waals surface area contributed by atoms with Crippen molar-refractivity contribution in [1.29, 1.82) is 0 Å². The molecule has 0 amide bonds. The molecule has 7 heteroatoms. The van der Waals surface area contributed by atoms with Gasteiger partial charge in [-0.1, -0.05) is 24.0 Å². The molecule has 0 fully saturated rings. The lowest BCUT2D eigenvalue weighted by Gasteiger charge is -2.14. The van der Waals surface area contributed by atoms with Crippen molar-refractivity contribution in [2.45, 2.75) is 11.7 Å². The molecule has 2 aromatic rings. The van der Waals surface area contributed by atoms with Crippen LogP contribution in [0.25, 0.3) is 10.9 Å². The number of hydrogen-bond acceptors (Lipinski definition) is 6. The fourth-order valence-electron chi connectivity index (χ4n) is 1.98. The Kier molecular flexibility index (Phi) is 4.85. The molecule has 0 aliphatic heterocycles. The number of hydrogen-bond donors (Lipinski definition) is 1. The second-order valence-corrected chi connectivity index (χ2v) is 5.16. The molecule has 0 aliphatic rings. The van der Waals surface area contributed by atoms with Crippen LogP contribution >= 0.6 is 24.0 Å². The van der Waals surface area contributed by atoms with Crippen molar-refractivity contribution < 1.29 is 14.6 Å². The molecular weight excluding hydrogens is 296 g/mol. The van der Waals surface area contributed by atoms with Gasteiger partial charge in [-0.05, 0) is 12.3 Å². The Labute approximate surface area is 126 Å². The average molecular weight is 312 g/mol. The van der Waals surface area contributed by atoms with Gasteiger partial charge in [0.1, 0.15) is 4.64 Å². The lowest BCUT2D eigenvalue weighted by molar-refractivity contribution is 0.269. The number of rotatable bonds is 5. The van der Waals surface area contributed by atoms with Crippen LogP contribution in [0.4, 0.5) is 0 Å². The fraction of sp³-hybridized carbons (Fsp3) is 0.385. The van der Waals surface area contributed by atoms with Gasteiger partial charge in [0.15, 0.2) is 16.7 Å². The third kappa shape index (κ3) is 2.61. The number of methoxy groups -OCH3 is 2. The number of aliphatic hydroxyl groups is 1. The van der Waals surface area contributed by atoms with Gasteiger partial charge in [-0.2, -0.15) is 0 Å². The molecule has 5 nitrogen and oxygen atoms in total. The first-order chi connectivity index (χ1) is 9.65. The van der Waals surface area contributed by atoms with Gasteiger partial charge in [-0.25, -0.2) is 4.98 Å². The van der Waals surface area contributed by atoms with Crippen molar-refractivity contribution >= 4 is 34.9 Å². The van der Waals surface area contributed by atoms with Gasteiger partial charge in [-0.15, -0.1) is 0 Å². The van der Waals surface area contributed by atoms with E-state index in [1.165, 1.54) is 11.8 Å². The molecule has 0 atom stereocenters. The van der Waals surface area contributed by atoms with Gasteiger partial charge >= 0.3 is 0 Å². The van der Waals surface area contributed by atoms with Crippen LogP contribution in [0.1, 0.15) is 0 Å². The van der Waals surface area contributed by atoms with Crippen LogP contribution in [0.5, 0.6) is 11.5 Å². The van der Waals surface area contributed by atoms with Crippen molar-refractivity contribution in [1.82, 2.24) is 9.55 Å². The molecule has 0 aliphatic carbocycles. The maximum atomic E-state index is 9.17. The smallest absolute Gasteiger partial charge is 0.169 e. The Balaban J connectivity index is 2.79. The number of benzene rings is 1. The summed E-state index contributed by atoms with van der Waals surface area (Å²) in [7, 11) is 3.17. The maximum Gasteiger partial charge on any atom is 0.169 e. The van der Waals surface area contributed by atoms with E-state index in [4.69, 9.17) is 21.7 Å². The third-order valence-corrected chi connectivity index (χ3v) is 4.05. The van der Waals surface area contributed by atoms with Crippen LogP contribution in [0.3, 0.4) is 0 Å². The Morgan fingerprint density at radius 3 is 2.50 bits per heavy atom. The molecule has 0 saturated heterocycles. The summed E-state index contributed by atoms with van der Waals surface area (Å²) in [6.07, 6.45) is 1.93. The second-order valence-electron chi connectivity index (χ2n) is 4.00. The highest BCUT2D eigenvalue weighted by Gasteiger charge is 2.12. The van der Waals surface area contributed by atoms with E-state index in [1.807, 2.05) is 23.0 Å². The monoisotopic (exact) mass is 312 g/mol. The van der Waals surface area contributed by atoms with E-state index >= 15 is 0 Å². The molecule has 0 saturated carbocycles. The third-order valence-electron chi connectivity index (χ3n) is 2.93. The molecular formula is C13H16N2O3S2. The lowest BCUT2D eigenvalue weighted by atomic mass is 10.2. The molecule has 0 radical (unpaired) electrons. The Morgan fingerprint density at radius 2 is 1.95 bits per heavy atom. The van der Waals surface area contributed by atoms with Crippen LogP contribution in [-0.2, 0) is 6.54 Å². The zero-order valence-corrected chi connectivity index (χ0v) is 13.2. The number of fused-ring (bicyclic) bond motifs is 1. The minimum Gasteiger partial charge on any atom is -0.493 e. The van der Waals surface area contributed by atoms with E-state index in [1.54, 1.807) is 14.2 Å². The summed E-state index contributed by atoms with van der Waals surface area (Å²) >= 11 is 6.99. The van der Waals surface area contributed by atoms with E-state index in [9.17, 15) is 5.11 Å². The first kappa shape index (κ1) is 15.1. The molecule has 0 spiro atoms. The Hall–Kier alpha value is -1.31. The zero-order chi connectivity index (χ0) is 14.7. The van der Waals surface area contributed by atoms with Crippen molar-refractivity contribution in [2.24, 2.45) is 0 Å². The molecule has 20 heavy (non-hydrogen) atoms. The van der Waals surface area contributed by atoms with Crippen molar-refractivity contribution in [3.05, 3.63) is 16.8 Å². The number of nitrogens with zero attached hydrogens (tertiary/aromatic N) is 2. The van der Waals surface area contributed by atoms with Crippen molar-refractivity contribution in [3.8, 4) is 11.5 Å². The van der Waals surface area contributed by atoms with Crippen molar-refractivity contribution in [2.75, 3.05) is 27.1 Å². The van der Waals surface area contributed by atoms with E-state index < -0.39 is 0 Å². The molecule has 0 bridgehead atoms. The molecule has 1 N–H and O–H groups in total. The molecule has 1 heterocycles. The molecule has 2 rings (SSSR count). The molecule has 108 valence electrons. The van der Waals surface area contributed by atoms with Crippen LogP contribution < -0.4 is 9.47 Å². The minimum absolute atomic E-state index is 0.0162. The summed E-state index contributed by atoms with van der Waals surface area (Å²) in [6, 6.07) is 3.63. The zero-order valence-electron chi connectivity index (χ0n) is 11.5. The SMILES string of the molecule is COc1cc2nc(SC)n(CCO)c(=S)c2cc1OC. The highest BCUT2D eigenvalue weighted by molar-refractivity contribution is 7.98. The van der Waals surface area contributed by atoms with Crippen LogP contribution in [-0.4, -0.2) is 41.7 Å². The van der Waals surface area contributed by atoms with Crippen LogP contribution in [0.2, 0.25) is 0 Å². The topological polar surface area (TPSA) is 56.5 Å². The molecule has 1 aromatic carbocycles. The summed E-state index contributed by atoms with van der Waals surface area (Å²) < 4.78 is 13.0. The molecule has 1 aromatic heterocycles. The van der Waals surface area contributed by atoms with Gasteiger partial charge in [0.2, 0.25) is 0 Å². The second kappa shape index (κ2) is 6.43. The Morgan fingerprint density at radius 1 is 1.30 bits per heavy atom. The Bertz CT molecular complexity index is 685. The highest BCUT2D eigenvalue weighted by Crippen LogP contribution is 2.33. The standard InChI is InChI=1S/C13H16N2O3S2/c1-17-10-6-8-9(7-11(10)18-2)14-13(20-3)15(4-5-16)12(8)19/h6-7,16H,4-5H2,1-3H3. The lowest BCUT2D eigenvalue weighted by Crippen LogP contribution is -2.09. The number of aromatic nitrogens is 2. The maximum absolute atomic E-state index is 9.17. The first-order valence-electron chi connectivity index (χ1n) is 5.97. The summed E-state index contributed by atoms with van der Waals surface area (Å²) in [5, 5.41) is 10.7. The minimum atomic E-state index is 0.0162. The largest absolute Gasteiger partial charge is 0.493 e. The highest BCUT2D eigenvalue weighted by atomic mass is 32.2. The quantitative estimate of drug-likeness (QED) is 0.520. The normalized spacial score (nSPS) is 10.8. The summed E-state index contributed by atoms with van der Waals surface area (Å²) in [4.78, 5) is 4.57. The van der Waals surface area contributed by atoms with Gasteiger partial charge in [0.25, 0.3) is 0 Å². The number of ether oxygens (including phenoxy) is 2. The number of thioether (sulfide) groups is 1.